The quantitative estimate of drug-likeness (QED) is 0.727. The lowest BCUT2D eigenvalue weighted by Crippen LogP contribution is -2.46. The average Bonchev–Trinajstić information content (AvgIpc) is 2.79. The van der Waals surface area contributed by atoms with E-state index in [2.05, 4.69) is 4.90 Å². The molecule has 0 radical (unpaired) electrons. The van der Waals surface area contributed by atoms with Crippen molar-refractivity contribution < 1.29 is 9.47 Å². The van der Waals surface area contributed by atoms with Gasteiger partial charge >= 0.3 is 0 Å². The van der Waals surface area contributed by atoms with E-state index in [0.29, 0.717) is 12.6 Å². The van der Waals surface area contributed by atoms with Gasteiger partial charge in [-0.15, -0.1) is 0 Å². The lowest BCUT2D eigenvalue weighted by Gasteiger charge is -2.32. The van der Waals surface area contributed by atoms with E-state index in [4.69, 9.17) is 15.2 Å². The Bertz CT molecular complexity index is 183. The van der Waals surface area contributed by atoms with E-state index in [1.807, 2.05) is 0 Å². The predicted octanol–water partition coefficient (Wildman–Crippen LogP) is 0.215. The zero-order valence-electron chi connectivity index (χ0n) is 9.36. The van der Waals surface area contributed by atoms with E-state index in [-0.39, 0.29) is 6.10 Å². The molecule has 15 heavy (non-hydrogen) atoms. The zero-order chi connectivity index (χ0) is 10.5. The first-order valence-electron chi connectivity index (χ1n) is 6.04. The Hall–Kier alpha value is -0.160. The molecular formula is C11H22N2O2. The third-order valence-electron chi connectivity index (χ3n) is 3.28. The molecule has 0 aromatic rings. The third-order valence-corrected chi connectivity index (χ3v) is 3.28. The van der Waals surface area contributed by atoms with Gasteiger partial charge in [0.05, 0.1) is 18.8 Å². The van der Waals surface area contributed by atoms with Gasteiger partial charge < -0.3 is 15.2 Å². The van der Waals surface area contributed by atoms with Gasteiger partial charge in [0.25, 0.3) is 0 Å². The number of hydrogen-bond acceptors (Lipinski definition) is 4. The molecule has 4 heteroatoms. The van der Waals surface area contributed by atoms with Crippen LogP contribution < -0.4 is 5.73 Å². The molecule has 0 amide bonds. The highest BCUT2D eigenvalue weighted by Crippen LogP contribution is 2.16. The van der Waals surface area contributed by atoms with Crippen LogP contribution in [0.25, 0.3) is 0 Å². The van der Waals surface area contributed by atoms with E-state index < -0.39 is 0 Å². The summed E-state index contributed by atoms with van der Waals surface area (Å²) in [6, 6.07) is 0. The summed E-state index contributed by atoms with van der Waals surface area (Å²) in [5.41, 5.74) is 5.61. The molecule has 0 aromatic heterocycles. The van der Waals surface area contributed by atoms with Gasteiger partial charge in [-0.25, -0.2) is 0 Å². The summed E-state index contributed by atoms with van der Waals surface area (Å²) in [5, 5.41) is 0. The van der Waals surface area contributed by atoms with Gasteiger partial charge in [-0.1, -0.05) is 0 Å². The number of nitrogens with two attached hydrogens (primary N) is 1. The number of hydrogen-bond donors (Lipinski definition) is 1. The van der Waals surface area contributed by atoms with Crippen molar-refractivity contribution in [1.82, 2.24) is 4.90 Å². The second-order valence-corrected chi connectivity index (χ2v) is 4.45. The van der Waals surface area contributed by atoms with Crippen LogP contribution in [0, 0.1) is 0 Å². The van der Waals surface area contributed by atoms with Gasteiger partial charge in [-0.2, -0.15) is 0 Å². The maximum atomic E-state index is 5.61. The Morgan fingerprint density at radius 2 is 2.07 bits per heavy atom. The Kier molecular flexibility index (Phi) is 4.38. The van der Waals surface area contributed by atoms with Crippen LogP contribution in [0.4, 0.5) is 0 Å². The molecule has 2 saturated heterocycles. The van der Waals surface area contributed by atoms with E-state index in [1.54, 1.807) is 0 Å². The SMILES string of the molecule is NCC1CN(CCC2CCCO2)CCO1. The van der Waals surface area contributed by atoms with Crippen molar-refractivity contribution in [3.8, 4) is 0 Å². The monoisotopic (exact) mass is 214 g/mol. The molecule has 2 unspecified atom stereocenters. The van der Waals surface area contributed by atoms with Crippen LogP contribution in [0.2, 0.25) is 0 Å². The largest absolute Gasteiger partial charge is 0.378 e. The van der Waals surface area contributed by atoms with Gasteiger partial charge in [0.2, 0.25) is 0 Å². The number of morpholine rings is 1. The molecule has 0 aromatic carbocycles. The number of nitrogens with zero attached hydrogens (tertiary/aromatic N) is 1. The Balaban J connectivity index is 1.65. The third kappa shape index (κ3) is 3.41. The van der Waals surface area contributed by atoms with Crippen LogP contribution in [-0.4, -0.2) is 56.5 Å². The van der Waals surface area contributed by atoms with E-state index in [0.717, 1.165) is 39.3 Å². The molecule has 4 nitrogen and oxygen atoms in total. The van der Waals surface area contributed by atoms with Crippen LogP contribution in [0.3, 0.4) is 0 Å². The number of rotatable bonds is 4. The molecule has 2 aliphatic rings. The van der Waals surface area contributed by atoms with Crippen molar-refractivity contribution in [3.63, 3.8) is 0 Å². The Labute approximate surface area is 91.7 Å². The lowest BCUT2D eigenvalue weighted by atomic mass is 10.1. The van der Waals surface area contributed by atoms with Gasteiger partial charge in [0, 0.05) is 32.8 Å². The van der Waals surface area contributed by atoms with Crippen LogP contribution in [0.5, 0.6) is 0 Å². The molecule has 2 heterocycles. The van der Waals surface area contributed by atoms with E-state index in [9.17, 15) is 0 Å². The predicted molar refractivity (Wildman–Crippen MR) is 58.8 cm³/mol. The van der Waals surface area contributed by atoms with Gasteiger partial charge in [0.15, 0.2) is 0 Å². The second kappa shape index (κ2) is 5.80. The van der Waals surface area contributed by atoms with E-state index in [1.165, 1.54) is 12.8 Å². The van der Waals surface area contributed by atoms with Gasteiger partial charge in [-0.3, -0.25) is 4.90 Å². The summed E-state index contributed by atoms with van der Waals surface area (Å²) in [6.45, 7) is 5.58. The molecule has 2 aliphatic heterocycles. The smallest absolute Gasteiger partial charge is 0.0824 e. The van der Waals surface area contributed by atoms with Crippen molar-refractivity contribution >= 4 is 0 Å². The molecule has 88 valence electrons. The van der Waals surface area contributed by atoms with Crippen LogP contribution in [-0.2, 0) is 9.47 Å². The standard InChI is InChI=1S/C11H22N2O2/c12-8-11-9-13(5-7-15-11)4-3-10-2-1-6-14-10/h10-11H,1-9,12H2. The molecular weight excluding hydrogens is 192 g/mol. The molecule has 0 aliphatic carbocycles. The van der Waals surface area contributed by atoms with Crippen LogP contribution >= 0.6 is 0 Å². The lowest BCUT2D eigenvalue weighted by molar-refractivity contribution is -0.0276. The van der Waals surface area contributed by atoms with Gasteiger partial charge in [0.1, 0.15) is 0 Å². The maximum absolute atomic E-state index is 5.61. The fourth-order valence-electron chi connectivity index (χ4n) is 2.32. The van der Waals surface area contributed by atoms with Crippen molar-refractivity contribution in [3.05, 3.63) is 0 Å². The molecule has 0 spiro atoms. The summed E-state index contributed by atoms with van der Waals surface area (Å²) in [4.78, 5) is 2.45. The maximum Gasteiger partial charge on any atom is 0.0824 e. The normalized spacial score (nSPS) is 33.4. The van der Waals surface area contributed by atoms with Crippen LogP contribution in [0.1, 0.15) is 19.3 Å². The van der Waals surface area contributed by atoms with Crippen molar-refractivity contribution in [2.24, 2.45) is 5.73 Å². The minimum atomic E-state index is 0.239. The fourth-order valence-corrected chi connectivity index (χ4v) is 2.32. The van der Waals surface area contributed by atoms with Crippen molar-refractivity contribution in [2.75, 3.05) is 39.4 Å². The summed E-state index contributed by atoms with van der Waals surface area (Å²) in [6.07, 6.45) is 4.38. The average molecular weight is 214 g/mol. The van der Waals surface area contributed by atoms with E-state index >= 15 is 0 Å². The Morgan fingerprint density at radius 3 is 2.80 bits per heavy atom. The first-order valence-corrected chi connectivity index (χ1v) is 6.04. The van der Waals surface area contributed by atoms with Crippen molar-refractivity contribution in [1.29, 1.82) is 0 Å². The topological polar surface area (TPSA) is 47.7 Å². The highest BCUT2D eigenvalue weighted by atomic mass is 16.5. The first kappa shape index (κ1) is 11.3. The molecule has 2 rings (SSSR count). The highest BCUT2D eigenvalue weighted by molar-refractivity contribution is 4.74. The molecule has 2 N–H and O–H groups in total. The van der Waals surface area contributed by atoms with Gasteiger partial charge in [-0.05, 0) is 19.3 Å². The number of ether oxygens (including phenoxy) is 2. The minimum absolute atomic E-state index is 0.239. The minimum Gasteiger partial charge on any atom is -0.378 e. The summed E-state index contributed by atoms with van der Waals surface area (Å²) >= 11 is 0. The summed E-state index contributed by atoms with van der Waals surface area (Å²) < 4.78 is 11.1. The molecule has 2 atom stereocenters. The molecule has 0 saturated carbocycles. The first-order chi connectivity index (χ1) is 7.38. The molecule has 2 fully saturated rings. The van der Waals surface area contributed by atoms with Crippen LogP contribution in [0.15, 0.2) is 0 Å². The zero-order valence-corrected chi connectivity index (χ0v) is 9.36. The summed E-state index contributed by atoms with van der Waals surface area (Å²) in [7, 11) is 0. The second-order valence-electron chi connectivity index (χ2n) is 4.45. The Morgan fingerprint density at radius 1 is 1.20 bits per heavy atom. The fraction of sp³-hybridized carbons (Fsp3) is 1.00. The van der Waals surface area contributed by atoms with Crippen molar-refractivity contribution in [2.45, 2.75) is 31.5 Å². The molecule has 0 bridgehead atoms. The highest BCUT2D eigenvalue weighted by Gasteiger charge is 2.21. The summed E-state index contributed by atoms with van der Waals surface area (Å²) in [5.74, 6) is 0.